The number of hydrogen-bond acceptors (Lipinski definition) is 3. The van der Waals surface area contributed by atoms with Gasteiger partial charge in [-0.2, -0.15) is 0 Å². The summed E-state index contributed by atoms with van der Waals surface area (Å²) in [5, 5.41) is 0. The molecule has 3 rings (SSSR count). The average Bonchev–Trinajstić information content (AvgIpc) is 2.72. The Morgan fingerprint density at radius 1 is 0.692 bits per heavy atom. The Kier molecular flexibility index (Phi) is 5.63. The Labute approximate surface area is 153 Å². The molecule has 0 aliphatic heterocycles. The minimum absolute atomic E-state index is 0.593. The lowest BCUT2D eigenvalue weighted by Crippen LogP contribution is -2.02. The molecule has 0 atom stereocenters. The first-order valence-corrected chi connectivity index (χ1v) is 8.31. The van der Waals surface area contributed by atoms with Crippen LogP contribution in [0.1, 0.15) is 5.82 Å². The van der Waals surface area contributed by atoms with E-state index < -0.39 is 0 Å². The number of rotatable bonds is 6. The normalized spacial score (nSPS) is 11.5. The second-order valence-corrected chi connectivity index (χ2v) is 5.49. The smallest absolute Gasteiger partial charge is 0.164 e. The van der Waals surface area contributed by atoms with Gasteiger partial charge < -0.3 is 0 Å². The summed E-state index contributed by atoms with van der Waals surface area (Å²) in [5.74, 6) is 1.86. The number of benzene rings is 2. The molecule has 1 aromatic heterocycles. The van der Waals surface area contributed by atoms with Crippen molar-refractivity contribution in [2.24, 2.45) is 0 Å². The maximum absolute atomic E-state index is 4.68. The van der Waals surface area contributed by atoms with Gasteiger partial charge in [-0.15, -0.1) is 0 Å². The summed E-state index contributed by atoms with van der Waals surface area (Å²) in [4.78, 5) is 14.0. The summed E-state index contributed by atoms with van der Waals surface area (Å²) in [6.45, 7) is 7.51. The van der Waals surface area contributed by atoms with Crippen molar-refractivity contribution in [2.45, 2.75) is 0 Å². The number of aromatic nitrogens is 3. The van der Waals surface area contributed by atoms with Gasteiger partial charge in [0.15, 0.2) is 17.5 Å². The van der Waals surface area contributed by atoms with Crippen LogP contribution in [-0.4, -0.2) is 15.0 Å². The van der Waals surface area contributed by atoms with Crippen LogP contribution >= 0.6 is 0 Å². The minimum atomic E-state index is 0.593. The molecule has 0 amide bonds. The topological polar surface area (TPSA) is 38.7 Å². The average molecular weight is 337 g/mol. The SMILES string of the molecule is C=C/C=C\C(=C/C=C)c1nc(-c2ccccc2)nc(-c2ccccc2)n1. The van der Waals surface area contributed by atoms with E-state index in [1.165, 1.54) is 0 Å². The highest BCUT2D eigenvalue weighted by atomic mass is 15.0. The monoisotopic (exact) mass is 337 g/mol. The van der Waals surface area contributed by atoms with Crippen LogP contribution in [0, 0.1) is 0 Å². The van der Waals surface area contributed by atoms with E-state index in [9.17, 15) is 0 Å². The van der Waals surface area contributed by atoms with E-state index >= 15 is 0 Å². The van der Waals surface area contributed by atoms with Crippen LogP contribution in [-0.2, 0) is 0 Å². The number of nitrogens with zero attached hydrogens (tertiary/aromatic N) is 3. The zero-order chi connectivity index (χ0) is 18.2. The lowest BCUT2D eigenvalue weighted by Gasteiger charge is -2.08. The summed E-state index contributed by atoms with van der Waals surface area (Å²) in [6, 6.07) is 19.8. The summed E-state index contributed by atoms with van der Waals surface area (Å²) in [7, 11) is 0. The molecule has 3 aromatic rings. The van der Waals surface area contributed by atoms with E-state index in [-0.39, 0.29) is 0 Å². The van der Waals surface area contributed by atoms with Crippen LogP contribution in [0.25, 0.3) is 28.3 Å². The van der Waals surface area contributed by atoms with E-state index in [2.05, 4.69) is 28.1 Å². The quantitative estimate of drug-likeness (QED) is 0.556. The third-order valence-corrected chi connectivity index (χ3v) is 3.67. The van der Waals surface area contributed by atoms with Crippen LogP contribution < -0.4 is 0 Å². The molecule has 0 N–H and O–H groups in total. The highest BCUT2D eigenvalue weighted by Gasteiger charge is 2.11. The minimum Gasteiger partial charge on any atom is -0.208 e. The van der Waals surface area contributed by atoms with Gasteiger partial charge in [-0.1, -0.05) is 104 Å². The van der Waals surface area contributed by atoms with E-state index in [1.54, 1.807) is 12.2 Å². The highest BCUT2D eigenvalue weighted by molar-refractivity contribution is 5.73. The first-order chi connectivity index (χ1) is 12.8. The fourth-order valence-electron chi connectivity index (χ4n) is 2.44. The van der Waals surface area contributed by atoms with E-state index in [0.717, 1.165) is 16.7 Å². The third kappa shape index (κ3) is 4.08. The lowest BCUT2D eigenvalue weighted by atomic mass is 10.1. The predicted octanol–water partition coefficient (Wildman–Crippen LogP) is 5.52. The molecule has 0 saturated carbocycles. The van der Waals surface area contributed by atoms with Gasteiger partial charge in [-0.05, 0) is 0 Å². The molecule has 0 bridgehead atoms. The van der Waals surface area contributed by atoms with E-state index in [1.807, 2.05) is 78.9 Å². The molecule has 0 saturated heterocycles. The maximum atomic E-state index is 4.68. The fourth-order valence-corrected chi connectivity index (χ4v) is 2.44. The first-order valence-electron chi connectivity index (χ1n) is 8.31. The molecule has 0 radical (unpaired) electrons. The Bertz CT molecular complexity index is 898. The molecule has 26 heavy (non-hydrogen) atoms. The molecule has 0 spiro atoms. The van der Waals surface area contributed by atoms with Crippen molar-refractivity contribution in [1.82, 2.24) is 15.0 Å². The van der Waals surface area contributed by atoms with Crippen molar-refractivity contribution in [3.05, 3.63) is 110 Å². The second kappa shape index (κ2) is 8.49. The Hall–Kier alpha value is -3.59. The van der Waals surface area contributed by atoms with Crippen molar-refractivity contribution >= 4 is 5.57 Å². The zero-order valence-electron chi connectivity index (χ0n) is 14.4. The molecule has 3 nitrogen and oxygen atoms in total. The van der Waals surface area contributed by atoms with Gasteiger partial charge in [0.25, 0.3) is 0 Å². The van der Waals surface area contributed by atoms with E-state index in [4.69, 9.17) is 0 Å². The maximum Gasteiger partial charge on any atom is 0.164 e. The molecule has 0 unspecified atom stereocenters. The molecule has 0 fully saturated rings. The highest BCUT2D eigenvalue weighted by Crippen LogP contribution is 2.23. The molecule has 1 heterocycles. The Morgan fingerprint density at radius 2 is 1.23 bits per heavy atom. The van der Waals surface area contributed by atoms with Gasteiger partial charge in [0.05, 0.1) is 0 Å². The van der Waals surface area contributed by atoms with Gasteiger partial charge >= 0.3 is 0 Å². The summed E-state index contributed by atoms with van der Waals surface area (Å²) in [5.41, 5.74) is 2.73. The van der Waals surface area contributed by atoms with Crippen LogP contribution in [0.5, 0.6) is 0 Å². The zero-order valence-corrected chi connectivity index (χ0v) is 14.4. The molecule has 0 aliphatic rings. The van der Waals surface area contributed by atoms with Crippen LogP contribution in [0.15, 0.2) is 104 Å². The first kappa shape index (κ1) is 17.2. The van der Waals surface area contributed by atoms with Gasteiger partial charge in [-0.25, -0.2) is 15.0 Å². The predicted molar refractivity (Wildman–Crippen MR) is 108 cm³/mol. The fraction of sp³-hybridized carbons (Fsp3) is 0. The molecular formula is C23H19N3. The van der Waals surface area contributed by atoms with E-state index in [0.29, 0.717) is 17.5 Å². The number of hydrogen-bond donors (Lipinski definition) is 0. The lowest BCUT2D eigenvalue weighted by molar-refractivity contribution is 1.04. The van der Waals surface area contributed by atoms with Gasteiger partial charge in [-0.3, -0.25) is 0 Å². The molecule has 0 aliphatic carbocycles. The van der Waals surface area contributed by atoms with Crippen LogP contribution in [0.4, 0.5) is 0 Å². The van der Waals surface area contributed by atoms with Crippen molar-refractivity contribution in [3.63, 3.8) is 0 Å². The molecule has 3 heteroatoms. The van der Waals surface area contributed by atoms with Crippen molar-refractivity contribution in [2.75, 3.05) is 0 Å². The van der Waals surface area contributed by atoms with Crippen LogP contribution in [0.3, 0.4) is 0 Å². The summed E-state index contributed by atoms with van der Waals surface area (Å²) < 4.78 is 0. The summed E-state index contributed by atoms with van der Waals surface area (Å²) in [6.07, 6.45) is 9.07. The summed E-state index contributed by atoms with van der Waals surface area (Å²) >= 11 is 0. The molecular weight excluding hydrogens is 318 g/mol. The van der Waals surface area contributed by atoms with Gasteiger partial charge in [0.1, 0.15) is 0 Å². The third-order valence-electron chi connectivity index (χ3n) is 3.67. The van der Waals surface area contributed by atoms with Crippen molar-refractivity contribution in [3.8, 4) is 22.8 Å². The molecule has 2 aromatic carbocycles. The van der Waals surface area contributed by atoms with Gasteiger partial charge in [0, 0.05) is 16.7 Å². The second-order valence-electron chi connectivity index (χ2n) is 5.49. The van der Waals surface area contributed by atoms with Crippen molar-refractivity contribution in [1.29, 1.82) is 0 Å². The van der Waals surface area contributed by atoms with Crippen LogP contribution in [0.2, 0.25) is 0 Å². The van der Waals surface area contributed by atoms with Gasteiger partial charge in [0.2, 0.25) is 0 Å². The molecule has 126 valence electrons. The Balaban J connectivity index is 2.20. The largest absolute Gasteiger partial charge is 0.208 e. The standard InChI is InChI=1S/C23H19N3/c1-3-5-13-18(12-4-2)21-24-22(19-14-8-6-9-15-19)26-23(25-21)20-16-10-7-11-17-20/h3-17H,1-2H2/b13-5-,18-12+. The number of allylic oxidation sites excluding steroid dienone is 6. The van der Waals surface area contributed by atoms with Crippen molar-refractivity contribution < 1.29 is 0 Å². The Morgan fingerprint density at radius 3 is 1.69 bits per heavy atom.